The number of primary amides is 1. The molecule has 0 aromatic heterocycles. The van der Waals surface area contributed by atoms with Crippen LogP contribution in [0, 0.1) is 0 Å². The van der Waals surface area contributed by atoms with Gasteiger partial charge in [0.05, 0.1) is 30.5 Å². The molecule has 0 bridgehead atoms. The molecule has 5 nitrogen and oxygen atoms in total. The van der Waals surface area contributed by atoms with Crippen molar-refractivity contribution in [3.63, 3.8) is 0 Å². The van der Waals surface area contributed by atoms with Gasteiger partial charge in [0, 0.05) is 18.8 Å². The monoisotopic (exact) mass is 365 g/mol. The molecule has 0 aliphatic carbocycles. The minimum Gasteiger partial charge on any atom is -0.378 e. The normalized spacial score (nSPS) is 21.3. The molecule has 5 heteroatoms. The fraction of sp³-hybridized carbons (Fsp3) is 0.409. The van der Waals surface area contributed by atoms with E-state index in [4.69, 9.17) is 10.5 Å². The Morgan fingerprint density at radius 1 is 1.19 bits per heavy atom. The number of nitrogens with one attached hydrogen (secondary N) is 1. The number of amides is 1. The number of carbonyl (C=O) groups excluding carboxylic acids is 1. The topological polar surface area (TPSA) is 67.6 Å². The maximum absolute atomic E-state index is 12.0. The van der Waals surface area contributed by atoms with Crippen LogP contribution in [0.2, 0.25) is 0 Å². The highest BCUT2D eigenvalue weighted by atomic mass is 16.5. The molecule has 27 heavy (non-hydrogen) atoms. The summed E-state index contributed by atoms with van der Waals surface area (Å²) >= 11 is 0. The lowest BCUT2D eigenvalue weighted by molar-refractivity contribution is 0.100. The Morgan fingerprint density at radius 3 is 2.67 bits per heavy atom. The number of hydrogen-bond donors (Lipinski definition) is 2. The highest BCUT2D eigenvalue weighted by molar-refractivity contribution is 5.99. The summed E-state index contributed by atoms with van der Waals surface area (Å²) in [5.41, 5.74) is 10.6. The van der Waals surface area contributed by atoms with Crippen LogP contribution in [0.1, 0.15) is 47.8 Å². The fourth-order valence-corrected chi connectivity index (χ4v) is 4.28. The van der Waals surface area contributed by atoms with Gasteiger partial charge in [-0.15, -0.1) is 0 Å². The van der Waals surface area contributed by atoms with E-state index in [0.29, 0.717) is 5.56 Å². The van der Waals surface area contributed by atoms with Gasteiger partial charge in [-0.1, -0.05) is 38.1 Å². The average molecular weight is 365 g/mol. The van der Waals surface area contributed by atoms with Gasteiger partial charge in [0.1, 0.15) is 0 Å². The van der Waals surface area contributed by atoms with E-state index in [1.165, 1.54) is 11.3 Å². The molecule has 2 aliphatic rings. The minimum absolute atomic E-state index is 0.0499. The average Bonchev–Trinajstić information content (AvgIpc) is 2.68. The molecule has 2 heterocycles. The molecule has 2 aromatic rings. The van der Waals surface area contributed by atoms with E-state index >= 15 is 0 Å². The van der Waals surface area contributed by atoms with E-state index in [9.17, 15) is 4.79 Å². The second-order valence-electron chi connectivity index (χ2n) is 8.07. The van der Waals surface area contributed by atoms with Gasteiger partial charge in [0.25, 0.3) is 5.91 Å². The molecule has 1 fully saturated rings. The Labute approximate surface area is 160 Å². The predicted octanol–water partition coefficient (Wildman–Crippen LogP) is 3.46. The molecule has 0 spiro atoms. The number of para-hydroxylation sites is 1. The SMILES string of the molecule is CC1(C)CC(c2cccc(N3CCOCC3)c2)Nc2c(C(N)=O)cccc21. The highest BCUT2D eigenvalue weighted by Crippen LogP contribution is 2.45. The summed E-state index contributed by atoms with van der Waals surface area (Å²) in [5, 5.41) is 3.60. The zero-order valence-corrected chi connectivity index (χ0v) is 16.0. The molecular weight excluding hydrogens is 338 g/mol. The van der Waals surface area contributed by atoms with Gasteiger partial charge in [0.15, 0.2) is 0 Å². The number of hydrogen-bond acceptors (Lipinski definition) is 4. The number of nitrogens with two attached hydrogens (primary N) is 1. The molecule has 1 saturated heterocycles. The van der Waals surface area contributed by atoms with E-state index in [1.807, 2.05) is 6.07 Å². The fourth-order valence-electron chi connectivity index (χ4n) is 4.28. The first-order valence-electron chi connectivity index (χ1n) is 9.58. The zero-order valence-electron chi connectivity index (χ0n) is 16.0. The number of fused-ring (bicyclic) bond motifs is 1. The first kappa shape index (κ1) is 17.9. The lowest BCUT2D eigenvalue weighted by Crippen LogP contribution is -2.36. The van der Waals surface area contributed by atoms with Gasteiger partial charge in [-0.3, -0.25) is 4.79 Å². The standard InChI is InChI=1S/C22H27N3O2/c1-22(2)14-19(24-20-17(21(23)26)7-4-8-18(20)22)15-5-3-6-16(13-15)25-9-11-27-12-10-25/h3-8,13,19,24H,9-12,14H2,1-2H3,(H2,23,26). The molecule has 1 unspecified atom stereocenters. The number of carbonyl (C=O) groups is 1. The van der Waals surface area contributed by atoms with Crippen molar-refractivity contribution in [3.05, 3.63) is 59.2 Å². The number of ether oxygens (including phenoxy) is 1. The van der Waals surface area contributed by atoms with Crippen molar-refractivity contribution in [1.82, 2.24) is 0 Å². The van der Waals surface area contributed by atoms with Crippen molar-refractivity contribution in [3.8, 4) is 0 Å². The zero-order chi connectivity index (χ0) is 19.0. The lowest BCUT2D eigenvalue weighted by Gasteiger charge is -2.40. The second kappa shape index (κ2) is 6.89. The number of morpholine rings is 1. The molecule has 1 amide bonds. The number of rotatable bonds is 3. The van der Waals surface area contributed by atoms with Crippen LogP contribution in [0.4, 0.5) is 11.4 Å². The Balaban J connectivity index is 1.69. The Bertz CT molecular complexity index is 856. The summed E-state index contributed by atoms with van der Waals surface area (Å²) in [6.07, 6.45) is 0.953. The van der Waals surface area contributed by atoms with E-state index in [1.54, 1.807) is 6.07 Å². The third-order valence-electron chi connectivity index (χ3n) is 5.74. The van der Waals surface area contributed by atoms with Crippen molar-refractivity contribution in [2.75, 3.05) is 36.5 Å². The maximum atomic E-state index is 12.0. The molecule has 142 valence electrons. The maximum Gasteiger partial charge on any atom is 0.250 e. The molecule has 1 atom stereocenters. The summed E-state index contributed by atoms with van der Waals surface area (Å²) in [5.74, 6) is -0.391. The molecule has 0 saturated carbocycles. The van der Waals surface area contributed by atoms with E-state index in [-0.39, 0.29) is 11.5 Å². The lowest BCUT2D eigenvalue weighted by atomic mass is 9.73. The van der Waals surface area contributed by atoms with Crippen LogP contribution in [0.25, 0.3) is 0 Å². The summed E-state index contributed by atoms with van der Waals surface area (Å²) in [7, 11) is 0. The number of nitrogens with zero attached hydrogens (tertiary/aromatic N) is 1. The van der Waals surface area contributed by atoms with Gasteiger partial charge in [-0.2, -0.15) is 0 Å². The number of benzene rings is 2. The van der Waals surface area contributed by atoms with Crippen LogP contribution < -0.4 is 16.0 Å². The predicted molar refractivity (Wildman–Crippen MR) is 108 cm³/mol. The first-order valence-corrected chi connectivity index (χ1v) is 9.58. The van der Waals surface area contributed by atoms with Crippen LogP contribution in [-0.2, 0) is 10.2 Å². The van der Waals surface area contributed by atoms with Crippen LogP contribution in [0.5, 0.6) is 0 Å². The molecule has 4 rings (SSSR count). The van der Waals surface area contributed by atoms with Crippen molar-refractivity contribution in [2.24, 2.45) is 5.73 Å². The summed E-state index contributed by atoms with van der Waals surface area (Å²) in [6.45, 7) is 7.85. The summed E-state index contributed by atoms with van der Waals surface area (Å²) < 4.78 is 5.47. The largest absolute Gasteiger partial charge is 0.378 e. The molecule has 0 radical (unpaired) electrons. The summed E-state index contributed by atoms with van der Waals surface area (Å²) in [4.78, 5) is 14.3. The third-order valence-corrected chi connectivity index (χ3v) is 5.74. The first-order chi connectivity index (χ1) is 13.0. The van der Waals surface area contributed by atoms with E-state index < -0.39 is 5.91 Å². The van der Waals surface area contributed by atoms with Crippen LogP contribution in [0.15, 0.2) is 42.5 Å². The van der Waals surface area contributed by atoms with Crippen molar-refractivity contribution >= 4 is 17.3 Å². The quantitative estimate of drug-likeness (QED) is 0.874. The molecule has 2 aromatic carbocycles. The minimum atomic E-state index is -0.391. The van der Waals surface area contributed by atoms with Gasteiger partial charge in [0.2, 0.25) is 0 Å². The van der Waals surface area contributed by atoms with Crippen molar-refractivity contribution in [2.45, 2.75) is 31.7 Å². The van der Waals surface area contributed by atoms with E-state index in [2.05, 4.69) is 54.4 Å². The van der Waals surface area contributed by atoms with Crippen LogP contribution in [0.3, 0.4) is 0 Å². The molecule has 2 aliphatic heterocycles. The summed E-state index contributed by atoms with van der Waals surface area (Å²) in [6, 6.07) is 14.6. The van der Waals surface area contributed by atoms with Crippen molar-refractivity contribution < 1.29 is 9.53 Å². The van der Waals surface area contributed by atoms with Gasteiger partial charge >= 0.3 is 0 Å². The molecule has 3 N–H and O–H groups in total. The Morgan fingerprint density at radius 2 is 1.93 bits per heavy atom. The van der Waals surface area contributed by atoms with Gasteiger partial charge in [-0.05, 0) is 41.2 Å². The van der Waals surface area contributed by atoms with Crippen molar-refractivity contribution in [1.29, 1.82) is 0 Å². The molecular formula is C22H27N3O2. The third kappa shape index (κ3) is 3.39. The van der Waals surface area contributed by atoms with E-state index in [0.717, 1.165) is 44.0 Å². The smallest absolute Gasteiger partial charge is 0.250 e. The van der Waals surface area contributed by atoms with Crippen LogP contribution in [-0.4, -0.2) is 32.2 Å². The highest BCUT2D eigenvalue weighted by Gasteiger charge is 2.35. The Hall–Kier alpha value is -2.53. The van der Waals surface area contributed by atoms with Crippen LogP contribution >= 0.6 is 0 Å². The number of anilines is 2. The Kier molecular flexibility index (Phi) is 4.56. The second-order valence-corrected chi connectivity index (χ2v) is 8.07. The van der Waals surface area contributed by atoms with Gasteiger partial charge < -0.3 is 20.7 Å². The van der Waals surface area contributed by atoms with Gasteiger partial charge in [-0.25, -0.2) is 0 Å².